The number of esters is 1. The van der Waals surface area contributed by atoms with E-state index in [0.29, 0.717) is 17.9 Å². The molecule has 0 saturated heterocycles. The van der Waals surface area contributed by atoms with Crippen molar-refractivity contribution >= 4 is 19.8 Å². The van der Waals surface area contributed by atoms with Gasteiger partial charge in [0.15, 0.2) is 0 Å². The number of phenolic OH excluding ortho intramolecular Hbond substituents is 1. The smallest absolute Gasteiger partial charge is 0.472 e. The zero-order valence-corrected chi connectivity index (χ0v) is 18.6. The van der Waals surface area contributed by atoms with Crippen molar-refractivity contribution in [3.8, 4) is 17.2 Å². The highest BCUT2D eigenvalue weighted by Crippen LogP contribution is 2.43. The van der Waals surface area contributed by atoms with Gasteiger partial charge in [0.1, 0.15) is 23.3 Å². The van der Waals surface area contributed by atoms with Crippen molar-refractivity contribution in [2.45, 2.75) is 25.3 Å². The first kappa shape index (κ1) is 26.3. The van der Waals surface area contributed by atoms with Gasteiger partial charge in [-0.2, -0.15) is 0 Å². The molecule has 12 heteroatoms. The van der Waals surface area contributed by atoms with Gasteiger partial charge in [0.25, 0.3) is 0 Å². The van der Waals surface area contributed by atoms with Crippen LogP contribution in [-0.4, -0.2) is 52.9 Å². The molecule has 0 heterocycles. The van der Waals surface area contributed by atoms with Crippen LogP contribution in [0.1, 0.15) is 18.4 Å². The molecule has 0 saturated carbocycles. The molecule has 2 atom stereocenters. The molecule has 0 amide bonds. The zero-order valence-electron chi connectivity index (χ0n) is 17.7. The lowest BCUT2D eigenvalue weighted by Gasteiger charge is -2.13. The fraction of sp³-hybridized carbons (Fsp3) is 0.333. The summed E-state index contributed by atoms with van der Waals surface area (Å²) in [5, 5.41) is 18.0. The lowest BCUT2D eigenvalue weighted by Crippen LogP contribution is -2.34. The van der Waals surface area contributed by atoms with E-state index in [2.05, 4.69) is 9.05 Å². The lowest BCUT2D eigenvalue weighted by molar-refractivity contribution is -0.143. The molecule has 1 unspecified atom stereocenters. The number of benzene rings is 2. The molecule has 2 rings (SSSR count). The fourth-order valence-corrected chi connectivity index (χ4v) is 3.25. The van der Waals surface area contributed by atoms with Gasteiger partial charge in [-0.1, -0.05) is 18.2 Å². The Hall–Kier alpha value is -2.95. The summed E-state index contributed by atoms with van der Waals surface area (Å²) < 4.78 is 31.6. The van der Waals surface area contributed by atoms with Crippen LogP contribution in [0.2, 0.25) is 0 Å². The molecule has 33 heavy (non-hydrogen) atoms. The first-order chi connectivity index (χ1) is 15.7. The number of ether oxygens (including phenoxy) is 2. The number of aryl methyl sites for hydroxylation is 1. The molecular weight excluding hydrogens is 457 g/mol. The van der Waals surface area contributed by atoms with E-state index in [1.54, 1.807) is 24.3 Å². The molecular formula is C21H26NO10P. The second-order valence-corrected chi connectivity index (χ2v) is 8.27. The maximum Gasteiger partial charge on any atom is 0.472 e. The summed E-state index contributed by atoms with van der Waals surface area (Å²) in [6.07, 6.45) is 0.587. The van der Waals surface area contributed by atoms with Crippen molar-refractivity contribution in [3.63, 3.8) is 0 Å². The number of carbonyl (C=O) groups is 2. The Labute approximate surface area is 190 Å². The van der Waals surface area contributed by atoms with Gasteiger partial charge in [-0.3, -0.25) is 18.6 Å². The summed E-state index contributed by atoms with van der Waals surface area (Å²) in [4.78, 5) is 32.0. The fourth-order valence-electron chi connectivity index (χ4n) is 2.47. The number of hydrogen-bond donors (Lipinski definition) is 4. The summed E-state index contributed by atoms with van der Waals surface area (Å²) in [7, 11) is -4.45. The lowest BCUT2D eigenvalue weighted by atomic mass is 10.1. The van der Waals surface area contributed by atoms with Gasteiger partial charge < -0.3 is 30.3 Å². The van der Waals surface area contributed by atoms with Crippen molar-refractivity contribution in [1.29, 1.82) is 0 Å². The van der Waals surface area contributed by atoms with Crippen LogP contribution in [0.4, 0.5) is 0 Å². The van der Waals surface area contributed by atoms with E-state index >= 15 is 0 Å². The van der Waals surface area contributed by atoms with E-state index in [9.17, 15) is 24.2 Å². The third kappa shape index (κ3) is 10.0. The highest BCUT2D eigenvalue weighted by atomic mass is 31.2. The first-order valence-electron chi connectivity index (χ1n) is 9.97. The molecule has 2 aromatic carbocycles. The van der Waals surface area contributed by atoms with Gasteiger partial charge in [0.05, 0.1) is 19.8 Å². The van der Waals surface area contributed by atoms with Crippen molar-refractivity contribution in [2.75, 3.05) is 19.8 Å². The Morgan fingerprint density at radius 1 is 1.03 bits per heavy atom. The Kier molecular flexibility index (Phi) is 10.3. The Bertz CT molecular complexity index is 966. The number of carboxylic acids is 1. The molecule has 2 aromatic rings. The van der Waals surface area contributed by atoms with Gasteiger partial charge in [0, 0.05) is 12.8 Å². The summed E-state index contributed by atoms with van der Waals surface area (Å²) >= 11 is 0. The quantitative estimate of drug-likeness (QED) is 0.177. The number of phenols is 1. The normalized spacial score (nSPS) is 13.6. The summed E-state index contributed by atoms with van der Waals surface area (Å²) in [6.45, 7) is -0.970. The second kappa shape index (κ2) is 12.9. The minimum absolute atomic E-state index is 0.0425. The Morgan fingerprint density at radius 3 is 2.42 bits per heavy atom. The van der Waals surface area contributed by atoms with Gasteiger partial charge in [-0.25, -0.2) is 4.57 Å². The highest BCUT2D eigenvalue weighted by Gasteiger charge is 2.24. The summed E-state index contributed by atoms with van der Waals surface area (Å²) in [5.41, 5.74) is 5.97. The standard InChI is InChI=1S/C21H26NO10P/c22-18(21(25)26)14-31-33(27,28)30-13-3-12-29-20(24)11-6-15-4-1-2-5-19(15)32-17-9-7-16(23)8-10-17/h1-2,4-5,7-10,18,23H,3,6,11-14,22H2,(H,25,26)(H,27,28)/t18-/m0/s1. The average Bonchev–Trinajstić information content (AvgIpc) is 2.78. The number of aliphatic carboxylic acids is 1. The molecule has 180 valence electrons. The third-order valence-corrected chi connectivity index (χ3v) is 5.16. The van der Waals surface area contributed by atoms with Crippen LogP contribution in [-0.2, 0) is 34.4 Å². The number of para-hydroxylation sites is 1. The minimum atomic E-state index is -4.45. The molecule has 11 nitrogen and oxygen atoms in total. The van der Waals surface area contributed by atoms with Gasteiger partial charge in [-0.05, 0) is 42.3 Å². The number of phosphoric ester groups is 1. The predicted molar refractivity (Wildman–Crippen MR) is 116 cm³/mol. The Balaban J connectivity index is 1.69. The maximum absolute atomic E-state index is 12.0. The molecule has 0 aliphatic carbocycles. The molecule has 0 fully saturated rings. The average molecular weight is 483 g/mol. The number of aromatic hydroxyl groups is 1. The number of carboxylic acid groups (broad SMARTS) is 1. The summed E-state index contributed by atoms with van der Waals surface area (Å²) in [6, 6.07) is 12.0. The van der Waals surface area contributed by atoms with Crippen LogP contribution >= 0.6 is 7.82 Å². The van der Waals surface area contributed by atoms with E-state index < -0.39 is 32.4 Å². The van der Waals surface area contributed by atoms with Crippen LogP contribution in [0, 0.1) is 0 Å². The van der Waals surface area contributed by atoms with Gasteiger partial charge >= 0.3 is 19.8 Å². The number of rotatable bonds is 14. The predicted octanol–water partition coefficient (Wildman–Crippen LogP) is 2.60. The van der Waals surface area contributed by atoms with Crippen LogP contribution in [0.3, 0.4) is 0 Å². The molecule has 0 aliphatic rings. The zero-order chi connectivity index (χ0) is 24.3. The van der Waals surface area contributed by atoms with Crippen molar-refractivity contribution < 1.29 is 47.8 Å². The van der Waals surface area contributed by atoms with Crippen molar-refractivity contribution in [1.82, 2.24) is 0 Å². The largest absolute Gasteiger partial charge is 0.508 e. The maximum atomic E-state index is 12.0. The van der Waals surface area contributed by atoms with E-state index in [1.165, 1.54) is 12.1 Å². The molecule has 0 spiro atoms. The van der Waals surface area contributed by atoms with E-state index in [-0.39, 0.29) is 31.8 Å². The molecule has 5 N–H and O–H groups in total. The number of carbonyl (C=O) groups excluding carboxylic acids is 1. The number of nitrogens with two attached hydrogens (primary N) is 1. The van der Waals surface area contributed by atoms with Gasteiger partial charge in [0.2, 0.25) is 0 Å². The second-order valence-electron chi connectivity index (χ2n) is 6.82. The number of phosphoric acid groups is 1. The SMILES string of the molecule is N[C@@H](COP(=O)(O)OCCCOC(=O)CCc1ccccc1Oc1ccc(O)cc1)C(=O)O. The van der Waals surface area contributed by atoms with Crippen molar-refractivity contribution in [3.05, 3.63) is 54.1 Å². The molecule has 0 bridgehead atoms. The Morgan fingerprint density at radius 2 is 1.73 bits per heavy atom. The van der Waals surface area contributed by atoms with E-state index in [1.807, 2.05) is 12.1 Å². The molecule has 0 aromatic heterocycles. The van der Waals surface area contributed by atoms with E-state index in [0.717, 1.165) is 5.56 Å². The van der Waals surface area contributed by atoms with Crippen LogP contribution < -0.4 is 10.5 Å². The summed E-state index contributed by atoms with van der Waals surface area (Å²) in [5.74, 6) is -0.606. The molecule has 0 radical (unpaired) electrons. The van der Waals surface area contributed by atoms with Crippen LogP contribution in [0.25, 0.3) is 0 Å². The topological polar surface area (TPSA) is 175 Å². The van der Waals surface area contributed by atoms with Crippen LogP contribution in [0.15, 0.2) is 48.5 Å². The first-order valence-corrected chi connectivity index (χ1v) is 11.5. The van der Waals surface area contributed by atoms with Crippen LogP contribution in [0.5, 0.6) is 17.2 Å². The van der Waals surface area contributed by atoms with Gasteiger partial charge in [-0.15, -0.1) is 0 Å². The van der Waals surface area contributed by atoms with Crippen molar-refractivity contribution in [2.24, 2.45) is 5.73 Å². The highest BCUT2D eigenvalue weighted by molar-refractivity contribution is 7.47. The third-order valence-electron chi connectivity index (χ3n) is 4.18. The monoisotopic (exact) mass is 483 g/mol. The minimum Gasteiger partial charge on any atom is -0.508 e. The molecule has 0 aliphatic heterocycles. The number of hydrogen-bond acceptors (Lipinski definition) is 9. The van der Waals surface area contributed by atoms with E-state index in [4.69, 9.17) is 20.3 Å².